The van der Waals surface area contributed by atoms with Crippen LogP contribution in [0.5, 0.6) is 0 Å². The molecule has 3 N–H and O–H groups in total. The Morgan fingerprint density at radius 3 is 2.47 bits per heavy atom. The average molecular weight is 251 g/mol. The van der Waals surface area contributed by atoms with E-state index in [1.807, 2.05) is 26.0 Å². The normalized spacial score (nSPS) is 9.76. The van der Waals surface area contributed by atoms with Crippen molar-refractivity contribution in [1.82, 2.24) is 4.90 Å². The van der Waals surface area contributed by atoms with Gasteiger partial charge in [-0.05, 0) is 26.0 Å². The SMILES string of the molecule is CCN(CC)C(=O)Nc1ccccc1C(N)=S. The van der Waals surface area contributed by atoms with Gasteiger partial charge in [-0.15, -0.1) is 0 Å². The number of nitrogens with one attached hydrogen (secondary N) is 1. The number of nitrogens with two attached hydrogens (primary N) is 1. The Hall–Kier alpha value is -1.62. The summed E-state index contributed by atoms with van der Waals surface area (Å²) in [5.74, 6) is 0. The largest absolute Gasteiger partial charge is 0.389 e. The van der Waals surface area contributed by atoms with Crippen LogP contribution in [0.15, 0.2) is 24.3 Å². The van der Waals surface area contributed by atoms with Crippen molar-refractivity contribution in [1.29, 1.82) is 0 Å². The summed E-state index contributed by atoms with van der Waals surface area (Å²) in [5, 5.41) is 2.81. The van der Waals surface area contributed by atoms with Gasteiger partial charge in [0.1, 0.15) is 4.99 Å². The maximum Gasteiger partial charge on any atom is 0.321 e. The molecule has 17 heavy (non-hydrogen) atoms. The molecule has 0 aromatic heterocycles. The number of carbonyl (C=O) groups is 1. The van der Waals surface area contributed by atoms with E-state index >= 15 is 0 Å². The number of amides is 2. The van der Waals surface area contributed by atoms with Crippen molar-refractivity contribution in [3.05, 3.63) is 29.8 Å². The monoisotopic (exact) mass is 251 g/mol. The van der Waals surface area contributed by atoms with Gasteiger partial charge in [0.2, 0.25) is 0 Å². The van der Waals surface area contributed by atoms with Crippen molar-refractivity contribution in [2.24, 2.45) is 5.73 Å². The molecule has 2 amide bonds. The zero-order chi connectivity index (χ0) is 12.8. The third kappa shape index (κ3) is 3.42. The highest BCUT2D eigenvalue weighted by atomic mass is 32.1. The topological polar surface area (TPSA) is 58.4 Å². The Bertz CT molecular complexity index is 416. The van der Waals surface area contributed by atoms with Crippen LogP contribution in [-0.4, -0.2) is 29.0 Å². The van der Waals surface area contributed by atoms with E-state index in [0.717, 1.165) is 0 Å². The molecule has 4 nitrogen and oxygen atoms in total. The molecule has 5 heteroatoms. The first-order valence-corrected chi connectivity index (χ1v) is 5.95. The highest BCUT2D eigenvalue weighted by Gasteiger charge is 2.12. The quantitative estimate of drug-likeness (QED) is 0.806. The second-order valence-corrected chi connectivity index (χ2v) is 3.95. The van der Waals surface area contributed by atoms with Crippen LogP contribution in [-0.2, 0) is 0 Å². The van der Waals surface area contributed by atoms with E-state index in [2.05, 4.69) is 5.32 Å². The molecule has 0 saturated heterocycles. The third-order valence-corrected chi connectivity index (χ3v) is 2.70. The summed E-state index contributed by atoms with van der Waals surface area (Å²) in [6.07, 6.45) is 0. The molecule has 0 atom stereocenters. The van der Waals surface area contributed by atoms with Gasteiger partial charge in [0.25, 0.3) is 0 Å². The number of urea groups is 1. The maximum absolute atomic E-state index is 11.9. The van der Waals surface area contributed by atoms with Crippen LogP contribution in [0.2, 0.25) is 0 Å². The molecule has 0 aliphatic carbocycles. The highest BCUT2D eigenvalue weighted by Crippen LogP contribution is 2.15. The first-order valence-electron chi connectivity index (χ1n) is 5.54. The van der Waals surface area contributed by atoms with Crippen molar-refractivity contribution >= 4 is 28.9 Å². The number of carbonyl (C=O) groups excluding carboxylic acids is 1. The summed E-state index contributed by atoms with van der Waals surface area (Å²) in [5.41, 5.74) is 6.93. The average Bonchev–Trinajstić information content (AvgIpc) is 2.31. The predicted molar refractivity (Wildman–Crippen MR) is 74.3 cm³/mol. The lowest BCUT2D eigenvalue weighted by Gasteiger charge is -2.20. The van der Waals surface area contributed by atoms with Crippen LogP contribution in [0.25, 0.3) is 0 Å². The van der Waals surface area contributed by atoms with Crippen LogP contribution >= 0.6 is 12.2 Å². The molecule has 0 heterocycles. The predicted octanol–water partition coefficient (Wildman–Crippen LogP) is 2.19. The molecule has 0 aliphatic heterocycles. The molecule has 92 valence electrons. The number of anilines is 1. The fraction of sp³-hybridized carbons (Fsp3) is 0.333. The van der Waals surface area contributed by atoms with Crippen LogP contribution in [0.4, 0.5) is 10.5 Å². The molecule has 0 unspecified atom stereocenters. The van der Waals surface area contributed by atoms with E-state index in [1.54, 1.807) is 17.0 Å². The number of hydrogen-bond acceptors (Lipinski definition) is 2. The number of thiocarbonyl (C=S) groups is 1. The molecule has 1 aromatic rings. The molecule has 0 fully saturated rings. The number of nitrogens with zero attached hydrogens (tertiary/aromatic N) is 1. The lowest BCUT2D eigenvalue weighted by molar-refractivity contribution is 0.217. The number of para-hydroxylation sites is 1. The number of benzene rings is 1. The van der Waals surface area contributed by atoms with E-state index in [4.69, 9.17) is 18.0 Å². The molecule has 0 radical (unpaired) electrons. The second-order valence-electron chi connectivity index (χ2n) is 3.51. The minimum Gasteiger partial charge on any atom is -0.389 e. The lowest BCUT2D eigenvalue weighted by Crippen LogP contribution is -2.35. The fourth-order valence-corrected chi connectivity index (χ4v) is 1.69. The lowest BCUT2D eigenvalue weighted by atomic mass is 10.2. The summed E-state index contributed by atoms with van der Waals surface area (Å²) in [6, 6.07) is 7.11. The maximum atomic E-state index is 11.9. The molecule has 1 aromatic carbocycles. The zero-order valence-corrected chi connectivity index (χ0v) is 10.9. The number of rotatable bonds is 4. The van der Waals surface area contributed by atoms with E-state index in [1.165, 1.54) is 0 Å². The summed E-state index contributed by atoms with van der Waals surface area (Å²) >= 11 is 4.94. The molecule has 0 aliphatic rings. The third-order valence-electron chi connectivity index (χ3n) is 2.48. The van der Waals surface area contributed by atoms with Gasteiger partial charge in [0, 0.05) is 18.7 Å². The van der Waals surface area contributed by atoms with Gasteiger partial charge < -0.3 is 16.0 Å². The van der Waals surface area contributed by atoms with Crippen molar-refractivity contribution in [3.63, 3.8) is 0 Å². The molecular weight excluding hydrogens is 234 g/mol. The molecular formula is C12H17N3OS. The summed E-state index contributed by atoms with van der Waals surface area (Å²) in [4.78, 5) is 13.8. The molecule has 0 saturated carbocycles. The first kappa shape index (κ1) is 13.4. The summed E-state index contributed by atoms with van der Waals surface area (Å²) in [6.45, 7) is 5.19. The Morgan fingerprint density at radius 1 is 1.35 bits per heavy atom. The fourth-order valence-electron chi connectivity index (χ4n) is 1.51. The van der Waals surface area contributed by atoms with Gasteiger partial charge in [0.05, 0.1) is 5.69 Å². The van der Waals surface area contributed by atoms with Crippen molar-refractivity contribution in [2.75, 3.05) is 18.4 Å². The highest BCUT2D eigenvalue weighted by molar-refractivity contribution is 7.80. The van der Waals surface area contributed by atoms with E-state index in [0.29, 0.717) is 24.3 Å². The van der Waals surface area contributed by atoms with Gasteiger partial charge in [-0.2, -0.15) is 0 Å². The van der Waals surface area contributed by atoms with E-state index in [-0.39, 0.29) is 11.0 Å². The number of hydrogen-bond donors (Lipinski definition) is 2. The minimum atomic E-state index is -0.140. The molecule has 0 bridgehead atoms. The van der Waals surface area contributed by atoms with Gasteiger partial charge in [0.15, 0.2) is 0 Å². The smallest absolute Gasteiger partial charge is 0.321 e. The van der Waals surface area contributed by atoms with Gasteiger partial charge in [-0.1, -0.05) is 24.4 Å². The van der Waals surface area contributed by atoms with E-state index in [9.17, 15) is 4.79 Å². The van der Waals surface area contributed by atoms with E-state index < -0.39 is 0 Å². The Kier molecular flexibility index (Phi) is 4.90. The van der Waals surface area contributed by atoms with Gasteiger partial charge in [-0.25, -0.2) is 4.79 Å². The Balaban J connectivity index is 2.88. The second kappa shape index (κ2) is 6.20. The Morgan fingerprint density at radius 2 is 1.94 bits per heavy atom. The minimum absolute atomic E-state index is 0.140. The van der Waals surface area contributed by atoms with Crippen LogP contribution in [0, 0.1) is 0 Å². The van der Waals surface area contributed by atoms with Crippen LogP contribution < -0.4 is 11.1 Å². The van der Waals surface area contributed by atoms with Crippen molar-refractivity contribution in [2.45, 2.75) is 13.8 Å². The molecule has 1 rings (SSSR count). The van der Waals surface area contributed by atoms with Crippen molar-refractivity contribution in [3.8, 4) is 0 Å². The van der Waals surface area contributed by atoms with Gasteiger partial charge in [-0.3, -0.25) is 0 Å². The van der Waals surface area contributed by atoms with Crippen LogP contribution in [0.1, 0.15) is 19.4 Å². The van der Waals surface area contributed by atoms with Crippen LogP contribution in [0.3, 0.4) is 0 Å². The molecule has 0 spiro atoms. The summed E-state index contributed by atoms with van der Waals surface area (Å²) < 4.78 is 0. The Labute approximate surface area is 107 Å². The standard InChI is InChI=1S/C12H17N3OS/c1-3-15(4-2)12(16)14-10-8-6-5-7-9(10)11(13)17/h5-8H,3-4H2,1-2H3,(H2,13,17)(H,14,16). The summed E-state index contributed by atoms with van der Waals surface area (Å²) in [7, 11) is 0. The zero-order valence-electron chi connectivity index (χ0n) is 10.1. The van der Waals surface area contributed by atoms with Gasteiger partial charge >= 0.3 is 6.03 Å². The van der Waals surface area contributed by atoms with Crippen molar-refractivity contribution < 1.29 is 4.79 Å². The first-order chi connectivity index (χ1) is 8.10.